The Morgan fingerprint density at radius 1 is 1.29 bits per heavy atom. The number of hydroxylamine groups is 2. The van der Waals surface area contributed by atoms with Gasteiger partial charge in [0.15, 0.2) is 0 Å². The van der Waals surface area contributed by atoms with Crippen LogP contribution in [0.3, 0.4) is 0 Å². The smallest absolute Gasteiger partial charge is 0.330 e. The fourth-order valence-electron chi connectivity index (χ4n) is 3.11. The molecule has 4 atom stereocenters. The van der Waals surface area contributed by atoms with E-state index < -0.39 is 5.41 Å². The molecule has 0 amide bonds. The SMILES string of the molecule is CCC1(C)CC(O)C(C)C(C)(CC)N1OC(=O)C(C)(C)C. The van der Waals surface area contributed by atoms with E-state index in [1.165, 1.54) is 0 Å². The summed E-state index contributed by atoms with van der Waals surface area (Å²) >= 11 is 0. The zero-order valence-electron chi connectivity index (χ0n) is 15.0. The van der Waals surface area contributed by atoms with Gasteiger partial charge in [-0.05, 0) is 53.9 Å². The second kappa shape index (κ2) is 5.88. The molecule has 1 aliphatic heterocycles. The first kappa shape index (κ1) is 18.4. The van der Waals surface area contributed by atoms with Gasteiger partial charge in [0.05, 0.1) is 22.6 Å². The number of hydrogen-bond acceptors (Lipinski definition) is 4. The standard InChI is InChI=1S/C17H33NO3/c1-9-16(7)11-13(19)12(3)17(8,10-2)18(16)21-14(20)15(4,5)6/h12-13,19H,9-11H2,1-8H3. The van der Waals surface area contributed by atoms with Gasteiger partial charge in [-0.25, -0.2) is 4.79 Å². The molecule has 1 heterocycles. The molecule has 4 nitrogen and oxygen atoms in total. The normalized spacial score (nSPS) is 38.3. The van der Waals surface area contributed by atoms with Gasteiger partial charge in [0.1, 0.15) is 0 Å². The molecule has 0 aromatic carbocycles. The van der Waals surface area contributed by atoms with Gasteiger partial charge in [0.2, 0.25) is 0 Å². The topological polar surface area (TPSA) is 49.8 Å². The van der Waals surface area contributed by atoms with Gasteiger partial charge in [-0.1, -0.05) is 20.8 Å². The summed E-state index contributed by atoms with van der Waals surface area (Å²) in [5, 5.41) is 12.3. The summed E-state index contributed by atoms with van der Waals surface area (Å²) in [6, 6.07) is 0. The third kappa shape index (κ3) is 3.26. The van der Waals surface area contributed by atoms with Crippen LogP contribution in [0.2, 0.25) is 0 Å². The predicted molar refractivity (Wildman–Crippen MR) is 84.6 cm³/mol. The van der Waals surface area contributed by atoms with Crippen molar-refractivity contribution < 1.29 is 14.7 Å². The highest BCUT2D eigenvalue weighted by atomic mass is 16.7. The fraction of sp³-hybridized carbons (Fsp3) is 0.941. The summed E-state index contributed by atoms with van der Waals surface area (Å²) in [5.41, 5.74) is -1.23. The maximum Gasteiger partial charge on any atom is 0.330 e. The number of aliphatic hydroxyl groups is 1. The molecule has 0 aromatic rings. The highest BCUT2D eigenvalue weighted by Gasteiger charge is 2.55. The Kier molecular flexibility index (Phi) is 5.16. The van der Waals surface area contributed by atoms with Crippen molar-refractivity contribution in [2.24, 2.45) is 11.3 Å². The highest BCUT2D eigenvalue weighted by molar-refractivity contribution is 5.75. The molecule has 0 aromatic heterocycles. The monoisotopic (exact) mass is 299 g/mol. The number of nitrogens with zero attached hydrogens (tertiary/aromatic N) is 1. The van der Waals surface area contributed by atoms with Gasteiger partial charge in [-0.2, -0.15) is 0 Å². The quantitative estimate of drug-likeness (QED) is 0.866. The van der Waals surface area contributed by atoms with Crippen LogP contribution in [0.4, 0.5) is 0 Å². The number of carbonyl (C=O) groups is 1. The Morgan fingerprint density at radius 2 is 1.81 bits per heavy atom. The van der Waals surface area contributed by atoms with E-state index in [1.54, 1.807) is 0 Å². The van der Waals surface area contributed by atoms with Crippen LogP contribution in [0, 0.1) is 11.3 Å². The average molecular weight is 299 g/mol. The number of rotatable bonds is 3. The van der Waals surface area contributed by atoms with Crippen molar-refractivity contribution >= 4 is 5.97 Å². The van der Waals surface area contributed by atoms with Crippen LogP contribution in [0.5, 0.6) is 0 Å². The van der Waals surface area contributed by atoms with E-state index in [9.17, 15) is 9.90 Å². The first-order valence-corrected chi connectivity index (χ1v) is 8.13. The molecule has 124 valence electrons. The Bertz CT molecular complexity index is 390. The Morgan fingerprint density at radius 3 is 2.19 bits per heavy atom. The summed E-state index contributed by atoms with van der Waals surface area (Å²) in [4.78, 5) is 18.3. The Hall–Kier alpha value is -0.610. The van der Waals surface area contributed by atoms with Crippen LogP contribution in [-0.2, 0) is 9.63 Å². The molecule has 0 bridgehead atoms. The highest BCUT2D eigenvalue weighted by Crippen LogP contribution is 2.46. The van der Waals surface area contributed by atoms with Crippen molar-refractivity contribution in [2.75, 3.05) is 0 Å². The molecule has 0 radical (unpaired) electrons. The number of carbonyl (C=O) groups excluding carboxylic acids is 1. The average Bonchev–Trinajstić information content (AvgIpc) is 2.40. The number of aliphatic hydroxyl groups excluding tert-OH is 1. The van der Waals surface area contributed by atoms with E-state index in [0.29, 0.717) is 6.42 Å². The third-order valence-corrected chi connectivity index (χ3v) is 5.43. The van der Waals surface area contributed by atoms with Gasteiger partial charge >= 0.3 is 5.97 Å². The Balaban J connectivity index is 3.21. The predicted octanol–water partition coefficient (Wildman–Crippen LogP) is 3.53. The molecule has 1 rings (SSSR count). The molecule has 4 heteroatoms. The van der Waals surface area contributed by atoms with Crippen molar-refractivity contribution in [3.63, 3.8) is 0 Å². The maximum absolute atomic E-state index is 12.4. The van der Waals surface area contributed by atoms with E-state index in [-0.39, 0.29) is 29.1 Å². The largest absolute Gasteiger partial charge is 0.393 e. The van der Waals surface area contributed by atoms with Crippen molar-refractivity contribution in [2.45, 2.75) is 91.8 Å². The molecule has 0 saturated carbocycles. The maximum atomic E-state index is 12.4. The van der Waals surface area contributed by atoms with Gasteiger partial charge in [0.25, 0.3) is 0 Å². The van der Waals surface area contributed by atoms with Crippen molar-refractivity contribution in [1.82, 2.24) is 5.06 Å². The molecular weight excluding hydrogens is 266 g/mol. The van der Waals surface area contributed by atoms with Crippen molar-refractivity contribution in [1.29, 1.82) is 0 Å². The Labute approximate surface area is 129 Å². The molecule has 1 aliphatic rings. The molecule has 1 N–H and O–H groups in total. The molecular formula is C17H33NO3. The summed E-state index contributed by atoms with van der Waals surface area (Å²) in [5.74, 6) is -0.166. The zero-order chi connectivity index (χ0) is 16.6. The summed E-state index contributed by atoms with van der Waals surface area (Å²) < 4.78 is 0. The van der Waals surface area contributed by atoms with Crippen molar-refractivity contribution in [3.05, 3.63) is 0 Å². The van der Waals surface area contributed by atoms with Crippen LogP contribution >= 0.6 is 0 Å². The van der Waals surface area contributed by atoms with Gasteiger partial charge in [-0.3, -0.25) is 0 Å². The molecule has 1 saturated heterocycles. The lowest BCUT2D eigenvalue weighted by molar-refractivity contribution is -0.303. The van der Waals surface area contributed by atoms with Crippen LogP contribution in [-0.4, -0.2) is 33.3 Å². The summed E-state index contributed by atoms with van der Waals surface area (Å²) in [6.07, 6.45) is 1.89. The van der Waals surface area contributed by atoms with E-state index in [2.05, 4.69) is 27.7 Å². The molecule has 1 fully saturated rings. The minimum atomic E-state index is -0.539. The van der Waals surface area contributed by atoms with Gasteiger partial charge < -0.3 is 9.94 Å². The number of piperidine rings is 1. The molecule has 0 spiro atoms. The second-order valence-electron chi connectivity index (χ2n) is 8.04. The number of hydrogen-bond donors (Lipinski definition) is 1. The lowest BCUT2D eigenvalue weighted by Crippen LogP contribution is -2.68. The molecule has 21 heavy (non-hydrogen) atoms. The van der Waals surface area contributed by atoms with E-state index in [1.807, 2.05) is 32.8 Å². The van der Waals surface area contributed by atoms with Crippen LogP contribution in [0.15, 0.2) is 0 Å². The van der Waals surface area contributed by atoms with Crippen molar-refractivity contribution in [3.8, 4) is 0 Å². The lowest BCUT2D eigenvalue weighted by atomic mass is 9.69. The fourth-order valence-corrected chi connectivity index (χ4v) is 3.11. The van der Waals surface area contributed by atoms with E-state index in [0.717, 1.165) is 12.8 Å². The van der Waals surface area contributed by atoms with E-state index in [4.69, 9.17) is 4.84 Å². The first-order chi connectivity index (χ1) is 9.42. The van der Waals surface area contributed by atoms with Gasteiger partial charge in [-0.15, -0.1) is 5.06 Å². The lowest BCUT2D eigenvalue weighted by Gasteiger charge is -2.57. The zero-order valence-corrected chi connectivity index (χ0v) is 15.0. The molecule has 0 aliphatic carbocycles. The third-order valence-electron chi connectivity index (χ3n) is 5.43. The minimum absolute atomic E-state index is 0.0508. The van der Waals surface area contributed by atoms with Crippen LogP contribution in [0.25, 0.3) is 0 Å². The van der Waals surface area contributed by atoms with E-state index >= 15 is 0 Å². The minimum Gasteiger partial charge on any atom is -0.393 e. The molecule has 4 unspecified atom stereocenters. The summed E-state index contributed by atoms with van der Waals surface area (Å²) in [7, 11) is 0. The van der Waals surface area contributed by atoms with Crippen LogP contribution in [0.1, 0.15) is 74.7 Å². The van der Waals surface area contributed by atoms with Gasteiger partial charge in [0, 0.05) is 5.92 Å². The second-order valence-corrected chi connectivity index (χ2v) is 8.04. The van der Waals surface area contributed by atoms with Crippen LogP contribution < -0.4 is 0 Å². The summed E-state index contributed by atoms with van der Waals surface area (Å²) in [6.45, 7) is 16.0. The first-order valence-electron chi connectivity index (χ1n) is 8.13.